The Balaban J connectivity index is 1.42. The molecular weight excluding hydrogens is 330 g/mol. The van der Waals surface area contributed by atoms with E-state index in [4.69, 9.17) is 4.98 Å². The number of amides is 1. The highest BCUT2D eigenvalue weighted by Crippen LogP contribution is 2.32. The van der Waals surface area contributed by atoms with Crippen molar-refractivity contribution < 1.29 is 4.79 Å². The van der Waals surface area contributed by atoms with E-state index in [9.17, 15) is 4.79 Å². The minimum absolute atomic E-state index is 0.286. The lowest BCUT2D eigenvalue weighted by atomic mass is 9.88. The zero-order chi connectivity index (χ0) is 17.4. The second-order valence-electron chi connectivity index (χ2n) is 7.55. The van der Waals surface area contributed by atoms with Crippen molar-refractivity contribution >= 4 is 32.6 Å². The number of carbonyl (C=O) groups excluding carboxylic acids is 1. The number of thiazole rings is 1. The first-order valence-corrected chi connectivity index (χ1v) is 10.3. The number of rotatable bonds is 2. The zero-order valence-corrected chi connectivity index (χ0v) is 16.1. The van der Waals surface area contributed by atoms with Gasteiger partial charge in [-0.1, -0.05) is 30.6 Å². The molecule has 1 saturated carbocycles. The number of anilines is 1. The van der Waals surface area contributed by atoms with Gasteiger partial charge in [-0.15, -0.1) is 0 Å². The highest BCUT2D eigenvalue weighted by Gasteiger charge is 2.29. The molecule has 4 rings (SSSR count). The molecule has 2 aromatic rings. The molecule has 0 N–H and O–H groups in total. The summed E-state index contributed by atoms with van der Waals surface area (Å²) in [6, 6.07) is 4.43. The maximum atomic E-state index is 12.7. The number of piperazine rings is 1. The van der Waals surface area contributed by atoms with E-state index in [0.29, 0.717) is 5.91 Å². The summed E-state index contributed by atoms with van der Waals surface area (Å²) in [6.45, 7) is 7.77. The van der Waals surface area contributed by atoms with E-state index in [0.717, 1.165) is 49.7 Å². The van der Waals surface area contributed by atoms with Gasteiger partial charge >= 0.3 is 0 Å². The van der Waals surface area contributed by atoms with Crippen molar-refractivity contribution in [3.05, 3.63) is 23.3 Å². The summed E-state index contributed by atoms with van der Waals surface area (Å²) >= 11 is 1.78. The van der Waals surface area contributed by atoms with Crippen LogP contribution in [0.2, 0.25) is 0 Å². The Labute approximate surface area is 153 Å². The normalized spacial score (nSPS) is 19.6. The number of aryl methyl sites for hydroxylation is 2. The second-order valence-corrected chi connectivity index (χ2v) is 8.56. The highest BCUT2D eigenvalue weighted by atomic mass is 32.1. The summed E-state index contributed by atoms with van der Waals surface area (Å²) in [4.78, 5) is 22.0. The van der Waals surface area contributed by atoms with Gasteiger partial charge in [0.25, 0.3) is 0 Å². The molecule has 2 fully saturated rings. The Hall–Kier alpha value is -1.62. The number of hydrogen-bond acceptors (Lipinski definition) is 4. The Morgan fingerprint density at radius 3 is 2.44 bits per heavy atom. The van der Waals surface area contributed by atoms with Crippen LogP contribution in [0.4, 0.5) is 5.13 Å². The lowest BCUT2D eigenvalue weighted by Crippen LogP contribution is -2.50. The molecule has 134 valence electrons. The molecule has 1 aromatic heterocycles. The van der Waals surface area contributed by atoms with Crippen LogP contribution >= 0.6 is 11.3 Å². The van der Waals surface area contributed by atoms with Crippen LogP contribution in [0.1, 0.15) is 43.2 Å². The average Bonchev–Trinajstić information content (AvgIpc) is 3.05. The van der Waals surface area contributed by atoms with Crippen LogP contribution in [-0.2, 0) is 4.79 Å². The summed E-state index contributed by atoms with van der Waals surface area (Å²) in [7, 11) is 0. The van der Waals surface area contributed by atoms with Crippen molar-refractivity contribution in [1.29, 1.82) is 0 Å². The van der Waals surface area contributed by atoms with Crippen molar-refractivity contribution in [2.24, 2.45) is 5.92 Å². The fraction of sp³-hybridized carbons (Fsp3) is 0.600. The van der Waals surface area contributed by atoms with Crippen LogP contribution in [0, 0.1) is 19.8 Å². The topological polar surface area (TPSA) is 36.4 Å². The van der Waals surface area contributed by atoms with Crippen LogP contribution in [0.3, 0.4) is 0 Å². The molecule has 1 aromatic carbocycles. The Bertz CT molecular complexity index is 732. The van der Waals surface area contributed by atoms with E-state index in [1.807, 2.05) is 0 Å². The third kappa shape index (κ3) is 3.39. The molecule has 1 amide bonds. The van der Waals surface area contributed by atoms with Crippen molar-refractivity contribution in [3.63, 3.8) is 0 Å². The molecule has 5 heteroatoms. The lowest BCUT2D eigenvalue weighted by molar-refractivity contribution is -0.136. The van der Waals surface area contributed by atoms with Crippen LogP contribution in [0.15, 0.2) is 12.1 Å². The van der Waals surface area contributed by atoms with Gasteiger partial charge in [-0.3, -0.25) is 4.79 Å². The van der Waals surface area contributed by atoms with Gasteiger partial charge in [0.2, 0.25) is 5.91 Å². The van der Waals surface area contributed by atoms with E-state index in [-0.39, 0.29) is 5.92 Å². The number of fused-ring (bicyclic) bond motifs is 1. The maximum Gasteiger partial charge on any atom is 0.225 e. The zero-order valence-electron chi connectivity index (χ0n) is 15.3. The number of benzene rings is 1. The SMILES string of the molecule is Cc1cc2nc(N3CCN(C(=O)C4CCCCC4)CC3)sc2cc1C. The summed E-state index contributed by atoms with van der Waals surface area (Å²) < 4.78 is 1.26. The van der Waals surface area contributed by atoms with Crippen LogP contribution in [0.5, 0.6) is 0 Å². The maximum absolute atomic E-state index is 12.7. The first-order chi connectivity index (χ1) is 12.1. The first-order valence-electron chi connectivity index (χ1n) is 9.53. The standard InChI is InChI=1S/C20H27N3OS/c1-14-12-17-18(13-15(14)2)25-20(21-17)23-10-8-22(9-11-23)19(24)16-6-4-3-5-7-16/h12-13,16H,3-11H2,1-2H3. The van der Waals surface area contributed by atoms with Gasteiger partial charge < -0.3 is 9.80 Å². The van der Waals surface area contributed by atoms with E-state index < -0.39 is 0 Å². The average molecular weight is 358 g/mol. The molecule has 1 aliphatic carbocycles. The molecule has 4 nitrogen and oxygen atoms in total. The second kappa shape index (κ2) is 6.94. The Morgan fingerprint density at radius 1 is 1.04 bits per heavy atom. The Kier molecular flexibility index (Phi) is 4.67. The smallest absolute Gasteiger partial charge is 0.225 e. The predicted octanol–water partition coefficient (Wildman–Crippen LogP) is 4.14. The molecule has 0 unspecified atom stereocenters. The van der Waals surface area contributed by atoms with Gasteiger partial charge in [0, 0.05) is 32.1 Å². The van der Waals surface area contributed by atoms with Gasteiger partial charge in [0.15, 0.2) is 5.13 Å². The van der Waals surface area contributed by atoms with E-state index in [2.05, 4.69) is 35.8 Å². The molecule has 25 heavy (non-hydrogen) atoms. The molecule has 2 heterocycles. The van der Waals surface area contributed by atoms with E-state index in [1.54, 1.807) is 11.3 Å². The van der Waals surface area contributed by atoms with Gasteiger partial charge in [-0.2, -0.15) is 0 Å². The fourth-order valence-electron chi connectivity index (χ4n) is 4.03. The van der Waals surface area contributed by atoms with Gasteiger partial charge in [-0.25, -0.2) is 4.98 Å². The highest BCUT2D eigenvalue weighted by molar-refractivity contribution is 7.22. The van der Waals surface area contributed by atoms with Crippen molar-refractivity contribution in [2.45, 2.75) is 46.0 Å². The largest absolute Gasteiger partial charge is 0.345 e. The predicted molar refractivity (Wildman–Crippen MR) is 104 cm³/mol. The van der Waals surface area contributed by atoms with E-state index >= 15 is 0 Å². The molecule has 0 atom stereocenters. The summed E-state index contributed by atoms with van der Waals surface area (Å²) in [5.74, 6) is 0.684. The first kappa shape index (κ1) is 16.8. The van der Waals surface area contributed by atoms with Crippen molar-refractivity contribution in [3.8, 4) is 0 Å². The lowest BCUT2D eigenvalue weighted by Gasteiger charge is -2.37. The molecule has 1 saturated heterocycles. The van der Waals surface area contributed by atoms with Gasteiger partial charge in [0.05, 0.1) is 10.2 Å². The third-order valence-electron chi connectivity index (χ3n) is 5.81. The minimum atomic E-state index is 0.286. The fourth-order valence-corrected chi connectivity index (χ4v) is 5.13. The third-order valence-corrected chi connectivity index (χ3v) is 6.89. The quantitative estimate of drug-likeness (QED) is 0.810. The number of aromatic nitrogens is 1. The summed E-state index contributed by atoms with van der Waals surface area (Å²) in [5, 5.41) is 1.10. The van der Waals surface area contributed by atoms with Crippen molar-refractivity contribution in [2.75, 3.05) is 31.1 Å². The molecular formula is C20H27N3OS. The molecule has 2 aliphatic rings. The monoisotopic (exact) mass is 357 g/mol. The van der Waals surface area contributed by atoms with Gasteiger partial charge in [-0.05, 0) is 49.9 Å². The van der Waals surface area contributed by atoms with Crippen LogP contribution in [0.25, 0.3) is 10.2 Å². The Morgan fingerprint density at radius 2 is 1.72 bits per heavy atom. The van der Waals surface area contributed by atoms with E-state index in [1.165, 1.54) is 35.1 Å². The minimum Gasteiger partial charge on any atom is -0.345 e. The summed E-state index contributed by atoms with van der Waals surface area (Å²) in [5.41, 5.74) is 3.72. The molecule has 1 aliphatic heterocycles. The number of carbonyl (C=O) groups is 1. The summed E-state index contributed by atoms with van der Waals surface area (Å²) in [6.07, 6.45) is 5.93. The number of nitrogens with zero attached hydrogens (tertiary/aromatic N) is 3. The van der Waals surface area contributed by atoms with Crippen molar-refractivity contribution in [1.82, 2.24) is 9.88 Å². The van der Waals surface area contributed by atoms with Crippen LogP contribution < -0.4 is 4.90 Å². The molecule has 0 bridgehead atoms. The number of hydrogen-bond donors (Lipinski definition) is 0. The van der Waals surface area contributed by atoms with Crippen LogP contribution in [-0.4, -0.2) is 42.0 Å². The van der Waals surface area contributed by atoms with Gasteiger partial charge in [0.1, 0.15) is 0 Å². The molecule has 0 spiro atoms. The molecule has 0 radical (unpaired) electrons.